The van der Waals surface area contributed by atoms with Gasteiger partial charge in [0, 0.05) is 73.0 Å². The first-order valence-electron chi connectivity index (χ1n) is 12.5. The molecular weight excluding hydrogens is 502 g/mol. The van der Waals surface area contributed by atoms with E-state index < -0.39 is 0 Å². The number of piperazine rings is 1. The number of halogens is 1. The largest absolute Gasteiger partial charge is 0.369 e. The first-order valence-corrected chi connectivity index (χ1v) is 12.5. The first kappa shape index (κ1) is 25.3. The lowest BCUT2D eigenvalue weighted by molar-refractivity contribution is -0.384. The lowest BCUT2D eigenvalue weighted by Crippen LogP contribution is -2.47. The second kappa shape index (κ2) is 10.9. The minimum Gasteiger partial charge on any atom is -0.369 e. The summed E-state index contributed by atoms with van der Waals surface area (Å²) in [6, 6.07) is 23.2. The molecule has 38 heavy (non-hydrogen) atoms. The molecule has 0 radical (unpaired) electrons. The number of nitro benzene ring substituents is 1. The molecule has 5 aromatic rings. The van der Waals surface area contributed by atoms with Crippen molar-refractivity contribution in [2.45, 2.75) is 6.42 Å². The van der Waals surface area contributed by atoms with Gasteiger partial charge in [0.25, 0.3) is 5.69 Å². The summed E-state index contributed by atoms with van der Waals surface area (Å²) in [6.45, 7) is 3.87. The zero-order valence-corrected chi connectivity index (χ0v) is 21.5. The van der Waals surface area contributed by atoms with Crippen molar-refractivity contribution in [2.75, 3.05) is 47.8 Å². The van der Waals surface area contributed by atoms with Gasteiger partial charge in [0.15, 0.2) is 0 Å². The van der Waals surface area contributed by atoms with Gasteiger partial charge in [0.05, 0.1) is 10.4 Å². The SMILES string of the molecule is Cl.O=[N+]([O-])c1ccc(N2CCN(c3nc(NCCc4c[nH]c5ccccc45)c4ccccc4n3)CC2)cc1. The molecule has 0 unspecified atom stereocenters. The van der Waals surface area contributed by atoms with Crippen molar-refractivity contribution >= 4 is 57.4 Å². The number of aromatic amines is 1. The zero-order chi connectivity index (χ0) is 25.2. The summed E-state index contributed by atoms with van der Waals surface area (Å²) in [5.74, 6) is 1.56. The number of hydrogen-bond acceptors (Lipinski definition) is 7. The molecule has 1 saturated heterocycles. The van der Waals surface area contributed by atoms with E-state index in [1.54, 1.807) is 12.1 Å². The van der Waals surface area contributed by atoms with Crippen LogP contribution in [0.2, 0.25) is 0 Å². The van der Waals surface area contributed by atoms with Crippen LogP contribution in [0.5, 0.6) is 0 Å². The standard InChI is InChI=1S/C28H27N7O2.ClH/c36-35(37)22-11-9-21(10-12-22)33-15-17-34(18-16-33)28-31-26-8-4-2-6-24(26)27(32-28)29-14-13-20-19-30-25-7-3-1-5-23(20)25;/h1-12,19,30H,13-18H2,(H,29,31,32);1H. The molecule has 1 aliphatic rings. The molecule has 0 bridgehead atoms. The number of nitrogens with zero attached hydrogens (tertiary/aromatic N) is 5. The highest BCUT2D eigenvalue weighted by Crippen LogP contribution is 2.26. The van der Waals surface area contributed by atoms with Crippen LogP contribution in [0.3, 0.4) is 0 Å². The fraction of sp³-hybridized carbons (Fsp3) is 0.214. The number of anilines is 3. The molecule has 1 aliphatic heterocycles. The predicted molar refractivity (Wildman–Crippen MR) is 155 cm³/mol. The van der Waals surface area contributed by atoms with E-state index in [0.29, 0.717) is 0 Å². The molecule has 194 valence electrons. The molecule has 0 atom stereocenters. The third kappa shape index (κ3) is 5.05. The Kier molecular flexibility index (Phi) is 7.28. The van der Waals surface area contributed by atoms with Crippen LogP contribution in [-0.2, 0) is 6.42 Å². The molecule has 0 spiro atoms. The van der Waals surface area contributed by atoms with Crippen LogP contribution in [0, 0.1) is 10.1 Å². The van der Waals surface area contributed by atoms with Crippen LogP contribution in [0.4, 0.5) is 23.1 Å². The van der Waals surface area contributed by atoms with Crippen molar-refractivity contribution < 1.29 is 4.92 Å². The fourth-order valence-electron chi connectivity index (χ4n) is 4.94. The second-order valence-corrected chi connectivity index (χ2v) is 9.17. The summed E-state index contributed by atoms with van der Waals surface area (Å²) >= 11 is 0. The summed E-state index contributed by atoms with van der Waals surface area (Å²) in [6.07, 6.45) is 2.96. The Hall–Kier alpha value is -4.37. The molecule has 0 saturated carbocycles. The molecular formula is C28H28ClN7O2. The van der Waals surface area contributed by atoms with E-state index in [2.05, 4.69) is 50.6 Å². The summed E-state index contributed by atoms with van der Waals surface area (Å²) in [7, 11) is 0. The molecule has 2 N–H and O–H groups in total. The maximum absolute atomic E-state index is 11.0. The lowest BCUT2D eigenvalue weighted by Gasteiger charge is -2.36. The number of benzene rings is 3. The van der Waals surface area contributed by atoms with E-state index in [0.717, 1.165) is 73.0 Å². The van der Waals surface area contributed by atoms with Gasteiger partial charge in [0.2, 0.25) is 5.95 Å². The molecule has 6 rings (SSSR count). The Morgan fingerprint density at radius 3 is 2.32 bits per heavy atom. The van der Waals surface area contributed by atoms with Gasteiger partial charge in [-0.2, -0.15) is 4.98 Å². The second-order valence-electron chi connectivity index (χ2n) is 9.17. The number of nitro groups is 1. The molecule has 3 heterocycles. The van der Waals surface area contributed by atoms with Crippen LogP contribution >= 0.6 is 12.4 Å². The summed E-state index contributed by atoms with van der Waals surface area (Å²) in [5, 5.41) is 16.8. The molecule has 3 aromatic carbocycles. The number of aromatic nitrogens is 3. The van der Waals surface area contributed by atoms with Crippen LogP contribution < -0.4 is 15.1 Å². The van der Waals surface area contributed by atoms with Gasteiger partial charge in [0.1, 0.15) is 5.82 Å². The third-order valence-corrected chi connectivity index (χ3v) is 6.94. The van der Waals surface area contributed by atoms with Crippen molar-refractivity contribution in [1.29, 1.82) is 0 Å². The van der Waals surface area contributed by atoms with Crippen molar-refractivity contribution in [2.24, 2.45) is 0 Å². The Morgan fingerprint density at radius 2 is 1.55 bits per heavy atom. The molecule has 0 aliphatic carbocycles. The lowest BCUT2D eigenvalue weighted by atomic mass is 10.1. The summed E-state index contributed by atoms with van der Waals surface area (Å²) in [5.41, 5.74) is 4.45. The van der Waals surface area contributed by atoms with Crippen LogP contribution in [-0.4, -0.2) is 52.6 Å². The highest BCUT2D eigenvalue weighted by molar-refractivity contribution is 5.90. The Balaban J connectivity index is 0.00000294. The van der Waals surface area contributed by atoms with Crippen molar-refractivity contribution in [3.63, 3.8) is 0 Å². The van der Waals surface area contributed by atoms with Crippen LogP contribution in [0.1, 0.15) is 5.56 Å². The van der Waals surface area contributed by atoms with Crippen molar-refractivity contribution in [1.82, 2.24) is 15.0 Å². The van der Waals surface area contributed by atoms with Crippen LogP contribution in [0.15, 0.2) is 79.0 Å². The topological polar surface area (TPSA) is 103 Å². The predicted octanol–water partition coefficient (Wildman–Crippen LogP) is 5.42. The summed E-state index contributed by atoms with van der Waals surface area (Å²) < 4.78 is 0. The fourth-order valence-corrected chi connectivity index (χ4v) is 4.94. The Bertz CT molecular complexity index is 1560. The van der Waals surface area contributed by atoms with E-state index in [1.165, 1.54) is 10.9 Å². The third-order valence-electron chi connectivity index (χ3n) is 6.94. The number of fused-ring (bicyclic) bond motifs is 2. The average Bonchev–Trinajstić information content (AvgIpc) is 3.36. The summed E-state index contributed by atoms with van der Waals surface area (Å²) in [4.78, 5) is 28.2. The number of H-pyrrole nitrogens is 1. The number of nitrogens with one attached hydrogen (secondary N) is 2. The van der Waals surface area contributed by atoms with Crippen molar-refractivity contribution in [3.8, 4) is 0 Å². The van der Waals surface area contributed by atoms with E-state index in [1.807, 2.05) is 36.4 Å². The quantitative estimate of drug-likeness (QED) is 0.214. The Morgan fingerprint density at radius 1 is 0.868 bits per heavy atom. The van der Waals surface area contributed by atoms with Gasteiger partial charge < -0.3 is 20.1 Å². The normalized spacial score (nSPS) is 13.5. The number of hydrogen-bond donors (Lipinski definition) is 2. The number of rotatable bonds is 7. The van der Waals surface area contributed by atoms with Gasteiger partial charge >= 0.3 is 0 Å². The number of non-ortho nitro benzene ring substituents is 1. The maximum Gasteiger partial charge on any atom is 0.269 e. The first-order chi connectivity index (χ1) is 18.2. The minimum absolute atomic E-state index is 0. The molecule has 2 aromatic heterocycles. The smallest absolute Gasteiger partial charge is 0.269 e. The number of para-hydroxylation sites is 2. The van der Waals surface area contributed by atoms with Gasteiger partial charge in [-0.15, -0.1) is 12.4 Å². The van der Waals surface area contributed by atoms with E-state index in [-0.39, 0.29) is 23.0 Å². The maximum atomic E-state index is 11.0. The average molecular weight is 530 g/mol. The molecule has 10 heteroatoms. The van der Waals surface area contributed by atoms with E-state index >= 15 is 0 Å². The van der Waals surface area contributed by atoms with Gasteiger partial charge in [-0.05, 0) is 42.3 Å². The van der Waals surface area contributed by atoms with Crippen molar-refractivity contribution in [3.05, 3.63) is 94.7 Å². The van der Waals surface area contributed by atoms with E-state index in [4.69, 9.17) is 9.97 Å². The van der Waals surface area contributed by atoms with Gasteiger partial charge in [-0.1, -0.05) is 30.3 Å². The molecule has 9 nitrogen and oxygen atoms in total. The highest BCUT2D eigenvalue weighted by atomic mass is 35.5. The van der Waals surface area contributed by atoms with E-state index in [9.17, 15) is 10.1 Å². The minimum atomic E-state index is -0.370. The monoisotopic (exact) mass is 529 g/mol. The van der Waals surface area contributed by atoms with Gasteiger partial charge in [-0.3, -0.25) is 10.1 Å². The zero-order valence-electron chi connectivity index (χ0n) is 20.7. The molecule has 1 fully saturated rings. The molecule has 0 amide bonds. The Labute approximate surface area is 226 Å². The highest BCUT2D eigenvalue weighted by Gasteiger charge is 2.21. The van der Waals surface area contributed by atoms with Gasteiger partial charge in [-0.25, -0.2) is 4.98 Å². The van der Waals surface area contributed by atoms with Crippen LogP contribution in [0.25, 0.3) is 21.8 Å².